The van der Waals surface area contributed by atoms with E-state index in [1.807, 2.05) is 54.8 Å². The quantitative estimate of drug-likeness (QED) is 0.315. The molecule has 4 rings (SSSR count). The van der Waals surface area contributed by atoms with E-state index in [-0.39, 0.29) is 23.4 Å². The molecule has 0 radical (unpaired) electrons. The number of rotatable bonds is 7. The van der Waals surface area contributed by atoms with Crippen LogP contribution in [0, 0.1) is 5.82 Å². The fraction of sp³-hybridized carbons (Fsp3) is 0.227. The van der Waals surface area contributed by atoms with Gasteiger partial charge in [-0.3, -0.25) is 14.3 Å². The summed E-state index contributed by atoms with van der Waals surface area (Å²) in [5.41, 5.74) is 1.42. The van der Waals surface area contributed by atoms with Gasteiger partial charge in [-0.25, -0.2) is 4.39 Å². The highest BCUT2D eigenvalue weighted by Crippen LogP contribution is 2.28. The number of ketones is 1. The van der Waals surface area contributed by atoms with Crippen molar-refractivity contribution in [1.29, 1.82) is 0 Å². The minimum absolute atomic E-state index is 0.0250. The molecule has 0 amide bonds. The van der Waals surface area contributed by atoms with Crippen LogP contribution >= 0.6 is 11.8 Å². The average molecular weight is 425 g/mol. The van der Waals surface area contributed by atoms with Gasteiger partial charge in [0.05, 0.1) is 11.8 Å². The highest BCUT2D eigenvalue weighted by molar-refractivity contribution is 7.99. The van der Waals surface area contributed by atoms with Gasteiger partial charge in [0.15, 0.2) is 16.7 Å². The summed E-state index contributed by atoms with van der Waals surface area (Å²) in [7, 11) is 3.90. The summed E-state index contributed by atoms with van der Waals surface area (Å²) in [4.78, 5) is 14.7. The Morgan fingerprint density at radius 1 is 1.17 bits per heavy atom. The maximum Gasteiger partial charge on any atom is 0.208 e. The number of Topliss-reactive ketones (excluding diaryl/α,β-unsaturated/α-hetero) is 1. The Morgan fingerprint density at radius 3 is 2.60 bits per heavy atom. The SMILES string of the molecule is C[C@@H](c1nnc(SCC(=O)c2cc3ccccc3o2)n1-c1ccc(F)cc1)N(C)C. The van der Waals surface area contributed by atoms with Crippen LogP contribution in [-0.4, -0.2) is 45.3 Å². The predicted molar refractivity (Wildman–Crippen MR) is 115 cm³/mol. The molecule has 0 fully saturated rings. The first kappa shape index (κ1) is 20.3. The number of halogens is 1. The van der Waals surface area contributed by atoms with Crippen LogP contribution in [0.3, 0.4) is 0 Å². The van der Waals surface area contributed by atoms with Crippen molar-refractivity contribution in [2.24, 2.45) is 0 Å². The van der Waals surface area contributed by atoms with Crippen molar-refractivity contribution < 1.29 is 13.6 Å². The molecule has 8 heteroatoms. The lowest BCUT2D eigenvalue weighted by molar-refractivity contribution is 0.0994. The van der Waals surface area contributed by atoms with Crippen molar-refractivity contribution in [3.8, 4) is 5.69 Å². The van der Waals surface area contributed by atoms with Gasteiger partial charge in [-0.15, -0.1) is 10.2 Å². The second-order valence-corrected chi connectivity index (χ2v) is 8.10. The third kappa shape index (κ3) is 4.01. The van der Waals surface area contributed by atoms with Crippen molar-refractivity contribution in [1.82, 2.24) is 19.7 Å². The van der Waals surface area contributed by atoms with Crippen LogP contribution < -0.4 is 0 Å². The fourth-order valence-corrected chi connectivity index (χ4v) is 3.86. The van der Waals surface area contributed by atoms with Crippen LogP contribution in [0.15, 0.2) is 64.2 Å². The number of aromatic nitrogens is 3. The molecule has 30 heavy (non-hydrogen) atoms. The molecule has 4 aromatic rings. The number of furan rings is 1. The minimum Gasteiger partial charge on any atom is -0.453 e. The summed E-state index contributed by atoms with van der Waals surface area (Å²) in [6.45, 7) is 2.01. The van der Waals surface area contributed by atoms with Gasteiger partial charge >= 0.3 is 0 Å². The molecule has 0 bridgehead atoms. The van der Waals surface area contributed by atoms with E-state index < -0.39 is 0 Å². The van der Waals surface area contributed by atoms with Crippen molar-refractivity contribution in [2.75, 3.05) is 19.8 Å². The summed E-state index contributed by atoms with van der Waals surface area (Å²) in [6, 6.07) is 15.4. The molecule has 154 valence electrons. The Balaban J connectivity index is 1.61. The highest BCUT2D eigenvalue weighted by atomic mass is 32.2. The molecule has 0 unspecified atom stereocenters. The first-order chi connectivity index (χ1) is 14.4. The monoisotopic (exact) mass is 424 g/mol. The van der Waals surface area contributed by atoms with Gasteiger partial charge in [-0.2, -0.15) is 0 Å². The van der Waals surface area contributed by atoms with E-state index in [2.05, 4.69) is 10.2 Å². The van der Waals surface area contributed by atoms with Gasteiger partial charge in [0.25, 0.3) is 0 Å². The maximum absolute atomic E-state index is 13.4. The molecule has 0 spiro atoms. The van der Waals surface area contributed by atoms with Crippen LogP contribution in [0.5, 0.6) is 0 Å². The Morgan fingerprint density at radius 2 is 1.90 bits per heavy atom. The number of hydrogen-bond donors (Lipinski definition) is 0. The lowest BCUT2D eigenvalue weighted by Crippen LogP contribution is -2.20. The first-order valence-corrected chi connectivity index (χ1v) is 10.4. The summed E-state index contributed by atoms with van der Waals surface area (Å²) in [5, 5.41) is 10.1. The van der Waals surface area contributed by atoms with Gasteiger partial charge < -0.3 is 4.42 Å². The number of thioether (sulfide) groups is 1. The topological polar surface area (TPSA) is 64.2 Å². The van der Waals surface area contributed by atoms with Crippen molar-refractivity contribution in [2.45, 2.75) is 18.1 Å². The van der Waals surface area contributed by atoms with Crippen LogP contribution in [-0.2, 0) is 0 Å². The molecule has 0 aliphatic heterocycles. The van der Waals surface area contributed by atoms with E-state index in [0.717, 1.165) is 11.1 Å². The van der Waals surface area contributed by atoms with E-state index in [1.165, 1.54) is 23.9 Å². The smallest absolute Gasteiger partial charge is 0.208 e. The van der Waals surface area contributed by atoms with Gasteiger partial charge in [-0.1, -0.05) is 30.0 Å². The minimum atomic E-state index is -0.316. The number of carbonyl (C=O) groups is 1. The third-order valence-corrected chi connectivity index (χ3v) is 5.85. The lowest BCUT2D eigenvalue weighted by atomic mass is 10.2. The van der Waals surface area contributed by atoms with Crippen LogP contribution in [0.1, 0.15) is 29.3 Å². The molecule has 0 saturated heterocycles. The molecule has 0 aliphatic carbocycles. The Bertz CT molecular complexity index is 1150. The average Bonchev–Trinajstić information content (AvgIpc) is 3.36. The van der Waals surface area contributed by atoms with E-state index >= 15 is 0 Å². The standard InChI is InChI=1S/C22H21FN4O2S/c1-14(26(2)3)21-24-25-22(27(21)17-10-8-16(23)9-11-17)30-13-18(28)20-12-15-6-4-5-7-19(15)29-20/h4-12,14H,13H2,1-3H3/t14-/m0/s1. The van der Waals surface area contributed by atoms with Gasteiger partial charge in [-0.05, 0) is 57.4 Å². The van der Waals surface area contributed by atoms with Crippen LogP contribution in [0.2, 0.25) is 0 Å². The molecular weight excluding hydrogens is 403 g/mol. The summed E-state index contributed by atoms with van der Waals surface area (Å²) in [6.07, 6.45) is 0. The zero-order valence-electron chi connectivity index (χ0n) is 16.9. The summed E-state index contributed by atoms with van der Waals surface area (Å²) < 4.78 is 21.0. The number of nitrogens with zero attached hydrogens (tertiary/aromatic N) is 4. The molecule has 1 atom stereocenters. The van der Waals surface area contributed by atoms with Gasteiger partial charge in [0.2, 0.25) is 5.78 Å². The summed E-state index contributed by atoms with van der Waals surface area (Å²) in [5.74, 6) is 0.731. The number of carbonyl (C=O) groups excluding carboxylic acids is 1. The number of hydrogen-bond acceptors (Lipinski definition) is 6. The van der Waals surface area contributed by atoms with Crippen LogP contribution in [0.25, 0.3) is 16.7 Å². The Labute approximate surface area is 177 Å². The largest absolute Gasteiger partial charge is 0.453 e. The van der Waals surface area contributed by atoms with Gasteiger partial charge in [0, 0.05) is 11.1 Å². The zero-order valence-corrected chi connectivity index (χ0v) is 17.7. The van der Waals surface area contributed by atoms with Gasteiger partial charge in [0.1, 0.15) is 11.4 Å². The van der Waals surface area contributed by atoms with Crippen molar-refractivity contribution in [3.63, 3.8) is 0 Å². The second kappa shape index (κ2) is 8.41. The van der Waals surface area contributed by atoms with Crippen LogP contribution in [0.4, 0.5) is 4.39 Å². The lowest BCUT2D eigenvalue weighted by Gasteiger charge is -2.20. The normalized spacial score (nSPS) is 12.6. The molecule has 6 nitrogen and oxygen atoms in total. The maximum atomic E-state index is 13.4. The molecule has 0 saturated carbocycles. The fourth-order valence-electron chi connectivity index (χ4n) is 3.03. The Kier molecular flexibility index (Phi) is 5.69. The number of para-hydroxylation sites is 1. The first-order valence-electron chi connectivity index (χ1n) is 9.46. The zero-order chi connectivity index (χ0) is 21.3. The predicted octanol–water partition coefficient (Wildman–Crippen LogP) is 4.75. The van der Waals surface area contributed by atoms with E-state index in [1.54, 1.807) is 18.2 Å². The van der Waals surface area contributed by atoms with Crippen molar-refractivity contribution >= 4 is 28.5 Å². The summed E-state index contributed by atoms with van der Waals surface area (Å²) >= 11 is 1.28. The van der Waals surface area contributed by atoms with Crippen molar-refractivity contribution in [3.05, 3.63) is 72.0 Å². The Hall–Kier alpha value is -2.97. The van der Waals surface area contributed by atoms with E-state index in [9.17, 15) is 9.18 Å². The molecule has 0 aliphatic rings. The number of benzene rings is 2. The van der Waals surface area contributed by atoms with E-state index in [4.69, 9.17) is 4.42 Å². The molecule has 2 heterocycles. The van der Waals surface area contributed by atoms with E-state index in [0.29, 0.717) is 22.3 Å². The molecular formula is C22H21FN4O2S. The third-order valence-electron chi connectivity index (χ3n) is 4.92. The highest BCUT2D eigenvalue weighted by Gasteiger charge is 2.22. The second-order valence-electron chi connectivity index (χ2n) is 7.15. The molecule has 2 aromatic carbocycles. The number of fused-ring (bicyclic) bond motifs is 1. The molecule has 2 aromatic heterocycles. The molecule has 0 N–H and O–H groups in total.